The monoisotopic (exact) mass is 508 g/mol. The third kappa shape index (κ3) is 4.66. The smallest absolute Gasteiger partial charge is 0.117 e. The van der Waals surface area contributed by atoms with E-state index in [-0.39, 0.29) is 0 Å². The molecule has 0 amide bonds. The highest BCUT2D eigenvalue weighted by molar-refractivity contribution is 8.03. The van der Waals surface area contributed by atoms with Gasteiger partial charge in [-0.15, -0.1) is 11.3 Å². The molecule has 2 aromatic carbocycles. The third-order valence-electron chi connectivity index (χ3n) is 6.49. The highest BCUT2D eigenvalue weighted by Crippen LogP contribution is 2.41. The molecule has 1 aliphatic carbocycles. The summed E-state index contributed by atoms with van der Waals surface area (Å²) in [5.41, 5.74) is 7.44. The second kappa shape index (κ2) is 9.88. The molecule has 2 aliphatic rings. The summed E-state index contributed by atoms with van der Waals surface area (Å²) in [6.07, 6.45) is 16.7. The van der Waals surface area contributed by atoms with Crippen LogP contribution in [0.25, 0.3) is 22.0 Å². The minimum absolute atomic E-state index is 1.05. The number of nitrogens with one attached hydrogen (secondary N) is 1. The van der Waals surface area contributed by atoms with Crippen molar-refractivity contribution in [2.75, 3.05) is 24.3 Å². The molecule has 6 rings (SSSR count). The largest absolute Gasteiger partial charge is 0.376 e. The van der Waals surface area contributed by atoms with Crippen molar-refractivity contribution < 1.29 is 0 Å². The number of allylic oxidation sites excluding steroid dienone is 6. The normalized spacial score (nSPS) is 17.9. The number of fused-ring (bicyclic) bond motifs is 2. The van der Waals surface area contributed by atoms with Gasteiger partial charge in [0, 0.05) is 31.4 Å². The lowest BCUT2D eigenvalue weighted by Crippen LogP contribution is -2.09. The summed E-state index contributed by atoms with van der Waals surface area (Å²) in [6.45, 7) is 0. The molecule has 6 heteroatoms. The zero-order chi connectivity index (χ0) is 24.5. The maximum absolute atomic E-state index is 4.81. The first-order valence-electron chi connectivity index (χ1n) is 12.2. The molecule has 4 aromatic rings. The van der Waals surface area contributed by atoms with Crippen LogP contribution in [0.5, 0.6) is 0 Å². The summed E-state index contributed by atoms with van der Waals surface area (Å²) in [7, 11) is 4.18. The Hall–Kier alpha value is -3.48. The van der Waals surface area contributed by atoms with Crippen molar-refractivity contribution >= 4 is 56.5 Å². The summed E-state index contributed by atoms with van der Waals surface area (Å²) in [5, 5.41) is 5.76. The van der Waals surface area contributed by atoms with E-state index in [4.69, 9.17) is 4.98 Å². The van der Waals surface area contributed by atoms with E-state index in [1.165, 1.54) is 42.8 Å². The fourth-order valence-corrected chi connectivity index (χ4v) is 6.46. The number of thioether (sulfide) groups is 1. The van der Waals surface area contributed by atoms with Crippen LogP contribution in [0.4, 0.5) is 11.4 Å². The van der Waals surface area contributed by atoms with Crippen LogP contribution in [-0.2, 0) is 0 Å². The number of thiazole rings is 1. The molecule has 0 fully saturated rings. The van der Waals surface area contributed by atoms with E-state index in [1.54, 1.807) is 23.1 Å². The number of rotatable bonds is 5. The van der Waals surface area contributed by atoms with E-state index in [0.717, 1.165) is 29.8 Å². The van der Waals surface area contributed by atoms with Crippen molar-refractivity contribution in [2.45, 2.75) is 24.2 Å². The minimum atomic E-state index is 1.05. The van der Waals surface area contributed by atoms with Crippen LogP contribution in [0.15, 0.2) is 106 Å². The summed E-state index contributed by atoms with van der Waals surface area (Å²) in [5.74, 6) is 0. The van der Waals surface area contributed by atoms with Gasteiger partial charge in [0.2, 0.25) is 0 Å². The van der Waals surface area contributed by atoms with Crippen molar-refractivity contribution in [2.24, 2.45) is 0 Å². The first-order chi connectivity index (χ1) is 17.6. The predicted molar refractivity (Wildman–Crippen MR) is 157 cm³/mol. The van der Waals surface area contributed by atoms with Gasteiger partial charge >= 0.3 is 0 Å². The quantitative estimate of drug-likeness (QED) is 0.294. The molecule has 0 atom stereocenters. The number of para-hydroxylation sites is 2. The fraction of sp³-hybridized carbons (Fsp3) is 0.167. The number of hydrogen-bond acceptors (Lipinski definition) is 5. The predicted octanol–water partition coefficient (Wildman–Crippen LogP) is 8.26. The van der Waals surface area contributed by atoms with Crippen molar-refractivity contribution in [1.82, 2.24) is 9.55 Å². The van der Waals surface area contributed by atoms with Crippen molar-refractivity contribution in [3.63, 3.8) is 0 Å². The molecule has 0 unspecified atom stereocenters. The number of aromatic nitrogens is 2. The molecule has 1 N–H and O–H groups in total. The molecule has 0 bridgehead atoms. The van der Waals surface area contributed by atoms with E-state index < -0.39 is 0 Å². The maximum Gasteiger partial charge on any atom is 0.117 e. The Balaban J connectivity index is 1.38. The molecule has 0 spiro atoms. The van der Waals surface area contributed by atoms with Gasteiger partial charge < -0.3 is 14.8 Å². The zero-order valence-electron chi connectivity index (χ0n) is 20.4. The average molecular weight is 509 g/mol. The van der Waals surface area contributed by atoms with Gasteiger partial charge in [-0.25, -0.2) is 4.98 Å². The molecule has 2 aromatic heterocycles. The Kier molecular flexibility index (Phi) is 6.30. The van der Waals surface area contributed by atoms with E-state index >= 15 is 0 Å². The summed E-state index contributed by atoms with van der Waals surface area (Å²) >= 11 is 3.54. The fourth-order valence-electron chi connectivity index (χ4n) is 4.68. The van der Waals surface area contributed by atoms with Crippen molar-refractivity contribution in [1.29, 1.82) is 0 Å². The lowest BCUT2D eigenvalue weighted by molar-refractivity contribution is 0.786. The van der Waals surface area contributed by atoms with Crippen LogP contribution in [0.3, 0.4) is 0 Å². The van der Waals surface area contributed by atoms with E-state index in [9.17, 15) is 0 Å². The topological polar surface area (TPSA) is 33.1 Å². The summed E-state index contributed by atoms with van der Waals surface area (Å²) < 4.78 is 3.52. The average Bonchev–Trinajstić information content (AvgIpc) is 3.63. The zero-order valence-corrected chi connectivity index (χ0v) is 22.1. The van der Waals surface area contributed by atoms with Crippen LogP contribution in [-0.4, -0.2) is 23.6 Å². The third-order valence-corrected chi connectivity index (χ3v) is 8.53. The van der Waals surface area contributed by atoms with Crippen molar-refractivity contribution in [3.05, 3.63) is 106 Å². The minimum Gasteiger partial charge on any atom is -0.376 e. The maximum atomic E-state index is 4.81. The van der Waals surface area contributed by atoms with Gasteiger partial charge in [-0.1, -0.05) is 48.2 Å². The molecule has 0 radical (unpaired) electrons. The lowest BCUT2D eigenvalue weighted by atomic mass is 9.91. The number of benzene rings is 2. The molecular weight excluding hydrogens is 480 g/mol. The summed E-state index contributed by atoms with van der Waals surface area (Å²) in [6, 6.07) is 19.0. The van der Waals surface area contributed by atoms with Gasteiger partial charge in [-0.2, -0.15) is 0 Å². The van der Waals surface area contributed by atoms with Gasteiger partial charge in [-0.05, 0) is 72.9 Å². The molecule has 0 saturated heterocycles. The molecule has 180 valence electrons. The molecular formula is C30H28N4S2. The molecule has 4 nitrogen and oxygen atoms in total. The lowest BCUT2D eigenvalue weighted by Gasteiger charge is -2.23. The summed E-state index contributed by atoms with van der Waals surface area (Å²) in [4.78, 5) is 8.24. The second-order valence-corrected chi connectivity index (χ2v) is 11.3. The highest BCUT2D eigenvalue weighted by atomic mass is 32.2. The Morgan fingerprint density at radius 2 is 1.83 bits per heavy atom. The Bertz CT molecular complexity index is 1490. The highest BCUT2D eigenvalue weighted by Gasteiger charge is 2.19. The molecule has 1 aliphatic heterocycles. The first kappa shape index (κ1) is 23.0. The van der Waals surface area contributed by atoms with Crippen LogP contribution in [0, 0.1) is 0 Å². The SMILES string of the molecule is CN(C)c1ccn(C2=C(/C=C/c3nc4ccccc4s3)CCC/C2=C\C=C2\Nc3ccccc3S2)c1. The van der Waals surface area contributed by atoms with Gasteiger partial charge in [-0.3, -0.25) is 0 Å². The molecule has 3 heterocycles. The van der Waals surface area contributed by atoms with E-state index in [2.05, 4.69) is 114 Å². The van der Waals surface area contributed by atoms with Gasteiger partial charge in [0.1, 0.15) is 5.01 Å². The number of nitrogens with zero attached hydrogens (tertiary/aromatic N) is 3. The van der Waals surface area contributed by atoms with Crippen LogP contribution < -0.4 is 10.2 Å². The Morgan fingerprint density at radius 3 is 2.67 bits per heavy atom. The van der Waals surface area contributed by atoms with Gasteiger partial charge in [0.25, 0.3) is 0 Å². The number of hydrogen-bond donors (Lipinski definition) is 1. The van der Waals surface area contributed by atoms with Crippen molar-refractivity contribution in [3.8, 4) is 0 Å². The van der Waals surface area contributed by atoms with Crippen LogP contribution in [0.2, 0.25) is 0 Å². The molecule has 0 saturated carbocycles. The van der Waals surface area contributed by atoms with E-state index in [0.29, 0.717) is 0 Å². The first-order valence-corrected chi connectivity index (χ1v) is 13.8. The number of anilines is 2. The molecule has 36 heavy (non-hydrogen) atoms. The Labute approximate surface area is 220 Å². The van der Waals surface area contributed by atoms with Crippen LogP contribution >= 0.6 is 23.1 Å². The standard InChI is InChI=1S/C30H28N4S2/c1-33(2)23-18-19-34(20-23)30-21(14-16-28-31-24-10-3-5-12-26(24)35-28)8-7-9-22(30)15-17-29-32-25-11-4-6-13-27(25)36-29/h3-6,10-20,31H,7-9H2,1-2H3/b17-15+,21-14+,28-16-. The van der Waals surface area contributed by atoms with Gasteiger partial charge in [0.15, 0.2) is 0 Å². The second-order valence-electron chi connectivity index (χ2n) is 9.20. The van der Waals surface area contributed by atoms with Crippen LogP contribution in [0.1, 0.15) is 24.3 Å². The van der Waals surface area contributed by atoms with Gasteiger partial charge in [0.05, 0.1) is 32.3 Å². The Morgan fingerprint density at radius 1 is 0.972 bits per heavy atom. The van der Waals surface area contributed by atoms with E-state index in [1.807, 2.05) is 6.07 Å².